The zero-order valence-electron chi connectivity index (χ0n) is 12.4. The molecule has 0 radical (unpaired) electrons. The minimum Gasteiger partial charge on any atom is -0.497 e. The molecule has 2 nitrogen and oxygen atoms in total. The van der Waals surface area contributed by atoms with E-state index in [-0.39, 0.29) is 0 Å². The van der Waals surface area contributed by atoms with Gasteiger partial charge in [-0.15, -0.1) is 0 Å². The summed E-state index contributed by atoms with van der Waals surface area (Å²) in [6.07, 6.45) is 0. The number of rotatable bonds is 5. The number of hydrogen-bond acceptors (Lipinski definition) is 2. The maximum absolute atomic E-state index is 13.4. The van der Waals surface area contributed by atoms with Crippen LogP contribution in [-0.2, 0) is 6.54 Å². The Bertz CT molecular complexity index is 606. The quantitative estimate of drug-likeness (QED) is 0.894. The highest BCUT2D eigenvalue weighted by Crippen LogP contribution is 2.28. The summed E-state index contributed by atoms with van der Waals surface area (Å²) in [5, 5.41) is 3.31. The van der Waals surface area contributed by atoms with Gasteiger partial charge in [0, 0.05) is 18.7 Å². The Morgan fingerprint density at radius 1 is 1.05 bits per heavy atom. The maximum Gasteiger partial charge on any atom is 0.126 e. The lowest BCUT2D eigenvalue weighted by Gasteiger charge is -2.14. The molecule has 2 aromatic rings. The van der Waals surface area contributed by atoms with E-state index in [9.17, 15) is 8.78 Å². The van der Waals surface area contributed by atoms with Gasteiger partial charge in [-0.1, -0.05) is 19.9 Å². The largest absolute Gasteiger partial charge is 0.497 e. The first-order chi connectivity index (χ1) is 9.99. The van der Waals surface area contributed by atoms with Crippen molar-refractivity contribution in [1.82, 2.24) is 5.32 Å². The Labute approximate surface area is 123 Å². The summed E-state index contributed by atoms with van der Waals surface area (Å²) < 4.78 is 32.1. The van der Waals surface area contributed by atoms with E-state index in [2.05, 4.69) is 5.32 Å². The number of ether oxygens (including phenoxy) is 1. The van der Waals surface area contributed by atoms with Crippen LogP contribution < -0.4 is 10.1 Å². The highest BCUT2D eigenvalue weighted by molar-refractivity contribution is 5.68. The number of nitrogens with one attached hydrogen (secondary N) is 1. The van der Waals surface area contributed by atoms with Gasteiger partial charge in [0.05, 0.1) is 7.11 Å². The Morgan fingerprint density at radius 2 is 1.71 bits per heavy atom. The fourth-order valence-electron chi connectivity index (χ4n) is 2.15. The minimum absolute atomic E-state index is 0.313. The average molecular weight is 291 g/mol. The van der Waals surface area contributed by atoms with Crippen molar-refractivity contribution < 1.29 is 13.5 Å². The smallest absolute Gasteiger partial charge is 0.126 e. The second-order valence-electron chi connectivity index (χ2n) is 5.22. The van der Waals surface area contributed by atoms with E-state index in [1.807, 2.05) is 26.0 Å². The summed E-state index contributed by atoms with van der Waals surface area (Å²) in [7, 11) is 1.59. The molecule has 0 unspecified atom stereocenters. The van der Waals surface area contributed by atoms with Crippen LogP contribution in [0.1, 0.15) is 19.4 Å². The van der Waals surface area contributed by atoms with E-state index in [0.717, 1.165) is 22.9 Å². The lowest BCUT2D eigenvalue weighted by atomic mass is 9.98. The van der Waals surface area contributed by atoms with E-state index >= 15 is 0 Å². The summed E-state index contributed by atoms with van der Waals surface area (Å²) in [5.74, 6) is -0.441. The molecule has 0 amide bonds. The normalized spacial score (nSPS) is 11.0. The Hall–Kier alpha value is -1.94. The van der Waals surface area contributed by atoms with Crippen molar-refractivity contribution in [3.05, 3.63) is 53.6 Å². The second-order valence-corrected chi connectivity index (χ2v) is 5.22. The first-order valence-corrected chi connectivity index (χ1v) is 6.86. The molecule has 0 aliphatic rings. The van der Waals surface area contributed by atoms with Crippen LogP contribution in [0, 0.1) is 11.6 Å². The van der Waals surface area contributed by atoms with Crippen molar-refractivity contribution in [3.8, 4) is 16.9 Å². The molecule has 0 spiro atoms. The fraction of sp³-hybridized carbons (Fsp3) is 0.294. The number of methoxy groups -OCH3 is 1. The predicted octanol–water partition coefficient (Wildman–Crippen LogP) is 4.14. The van der Waals surface area contributed by atoms with E-state index in [1.165, 1.54) is 12.1 Å². The van der Waals surface area contributed by atoms with E-state index in [0.29, 0.717) is 18.2 Å². The van der Waals surface area contributed by atoms with Gasteiger partial charge in [0.15, 0.2) is 0 Å². The fourth-order valence-corrected chi connectivity index (χ4v) is 2.15. The van der Waals surface area contributed by atoms with Crippen LogP contribution in [0.4, 0.5) is 8.78 Å². The van der Waals surface area contributed by atoms with Crippen molar-refractivity contribution in [1.29, 1.82) is 0 Å². The molecule has 112 valence electrons. The van der Waals surface area contributed by atoms with Crippen LogP contribution in [0.3, 0.4) is 0 Å². The molecular weight excluding hydrogens is 272 g/mol. The van der Waals surface area contributed by atoms with Gasteiger partial charge in [-0.25, -0.2) is 8.78 Å². The lowest BCUT2D eigenvalue weighted by Crippen LogP contribution is -2.22. The first kappa shape index (κ1) is 15.4. The van der Waals surface area contributed by atoms with Crippen molar-refractivity contribution in [3.63, 3.8) is 0 Å². The summed E-state index contributed by atoms with van der Waals surface area (Å²) in [4.78, 5) is 0. The number of halogens is 2. The predicted molar refractivity (Wildman–Crippen MR) is 80.3 cm³/mol. The summed E-state index contributed by atoms with van der Waals surface area (Å²) in [5.41, 5.74) is 2.26. The summed E-state index contributed by atoms with van der Waals surface area (Å²) in [6, 6.07) is 9.36. The Morgan fingerprint density at radius 3 is 2.29 bits per heavy atom. The zero-order chi connectivity index (χ0) is 15.4. The molecule has 0 saturated heterocycles. The van der Waals surface area contributed by atoms with Crippen LogP contribution >= 0.6 is 0 Å². The van der Waals surface area contributed by atoms with Crippen molar-refractivity contribution in [2.45, 2.75) is 26.4 Å². The lowest BCUT2D eigenvalue weighted by molar-refractivity contribution is 0.414. The molecule has 0 saturated carbocycles. The third-order valence-electron chi connectivity index (χ3n) is 3.19. The average Bonchev–Trinajstić information content (AvgIpc) is 2.43. The van der Waals surface area contributed by atoms with Crippen LogP contribution in [0.25, 0.3) is 11.1 Å². The van der Waals surface area contributed by atoms with Crippen LogP contribution in [0.2, 0.25) is 0 Å². The Balaban J connectivity index is 2.45. The molecule has 1 N–H and O–H groups in total. The molecular formula is C17H19F2NO. The van der Waals surface area contributed by atoms with Crippen LogP contribution in [0.15, 0.2) is 36.4 Å². The monoisotopic (exact) mass is 291 g/mol. The molecule has 0 atom stereocenters. The summed E-state index contributed by atoms with van der Waals surface area (Å²) in [6.45, 7) is 4.69. The van der Waals surface area contributed by atoms with Crippen molar-refractivity contribution >= 4 is 0 Å². The van der Waals surface area contributed by atoms with Gasteiger partial charge in [-0.3, -0.25) is 0 Å². The van der Waals surface area contributed by atoms with E-state index in [4.69, 9.17) is 4.74 Å². The van der Waals surface area contributed by atoms with Gasteiger partial charge < -0.3 is 10.1 Å². The van der Waals surface area contributed by atoms with Gasteiger partial charge in [-0.2, -0.15) is 0 Å². The van der Waals surface area contributed by atoms with Gasteiger partial charge >= 0.3 is 0 Å². The molecule has 0 aliphatic heterocycles. The third-order valence-corrected chi connectivity index (χ3v) is 3.19. The second kappa shape index (κ2) is 6.68. The van der Waals surface area contributed by atoms with Gasteiger partial charge in [-0.05, 0) is 41.0 Å². The molecule has 0 bridgehead atoms. The van der Waals surface area contributed by atoms with E-state index in [1.54, 1.807) is 13.2 Å². The topological polar surface area (TPSA) is 21.3 Å². The molecule has 2 aromatic carbocycles. The molecule has 0 aliphatic carbocycles. The van der Waals surface area contributed by atoms with Gasteiger partial charge in [0.2, 0.25) is 0 Å². The third kappa shape index (κ3) is 4.02. The molecule has 0 aromatic heterocycles. The standard InChI is InChI=1S/C17H19F2NO/c1-11(2)20-10-13-8-16(21-3)4-5-17(13)12-6-14(18)9-15(19)7-12/h4-9,11,20H,10H2,1-3H3. The molecule has 21 heavy (non-hydrogen) atoms. The zero-order valence-corrected chi connectivity index (χ0v) is 12.4. The van der Waals surface area contributed by atoms with Gasteiger partial charge in [0.25, 0.3) is 0 Å². The Kier molecular flexibility index (Phi) is 4.91. The van der Waals surface area contributed by atoms with Crippen LogP contribution in [-0.4, -0.2) is 13.2 Å². The van der Waals surface area contributed by atoms with Crippen molar-refractivity contribution in [2.75, 3.05) is 7.11 Å². The molecule has 4 heteroatoms. The highest BCUT2D eigenvalue weighted by atomic mass is 19.1. The number of benzene rings is 2. The molecule has 0 heterocycles. The number of hydrogen-bond donors (Lipinski definition) is 1. The van der Waals surface area contributed by atoms with Gasteiger partial charge in [0.1, 0.15) is 17.4 Å². The minimum atomic E-state index is -0.580. The molecule has 2 rings (SSSR count). The highest BCUT2D eigenvalue weighted by Gasteiger charge is 2.10. The van der Waals surface area contributed by atoms with Crippen LogP contribution in [0.5, 0.6) is 5.75 Å². The maximum atomic E-state index is 13.4. The molecule has 0 fully saturated rings. The summed E-state index contributed by atoms with van der Waals surface area (Å²) >= 11 is 0. The van der Waals surface area contributed by atoms with Crippen molar-refractivity contribution in [2.24, 2.45) is 0 Å². The SMILES string of the molecule is COc1ccc(-c2cc(F)cc(F)c2)c(CNC(C)C)c1. The van der Waals surface area contributed by atoms with E-state index < -0.39 is 11.6 Å². The first-order valence-electron chi connectivity index (χ1n) is 6.86.